The van der Waals surface area contributed by atoms with Crippen LogP contribution in [0.1, 0.15) is 26.7 Å². The SMILES string of the molecule is CC(C)Oc1ncnc(N2CCC(C(N)=O)CC2)c1N. The van der Waals surface area contributed by atoms with Crippen LogP contribution in [0.3, 0.4) is 0 Å². The minimum atomic E-state index is -0.232. The largest absolute Gasteiger partial charge is 0.473 e. The molecule has 7 nitrogen and oxygen atoms in total. The molecule has 7 heteroatoms. The number of nitrogen functional groups attached to an aromatic ring is 1. The molecule has 2 heterocycles. The predicted octanol–water partition coefficient (Wildman–Crippen LogP) is 0.548. The monoisotopic (exact) mass is 279 g/mol. The Balaban J connectivity index is 2.12. The van der Waals surface area contributed by atoms with Crippen molar-refractivity contribution in [2.24, 2.45) is 11.7 Å². The molecule has 1 saturated heterocycles. The minimum absolute atomic E-state index is 0.000600. The van der Waals surface area contributed by atoms with Crippen molar-refractivity contribution in [1.29, 1.82) is 0 Å². The van der Waals surface area contributed by atoms with Gasteiger partial charge in [0.05, 0.1) is 6.10 Å². The second kappa shape index (κ2) is 5.94. The van der Waals surface area contributed by atoms with Crippen molar-refractivity contribution < 1.29 is 9.53 Å². The third kappa shape index (κ3) is 3.09. The summed E-state index contributed by atoms with van der Waals surface area (Å²) in [4.78, 5) is 21.5. The molecule has 0 spiro atoms. The Morgan fingerprint density at radius 3 is 2.60 bits per heavy atom. The van der Waals surface area contributed by atoms with Crippen molar-refractivity contribution >= 4 is 17.4 Å². The quantitative estimate of drug-likeness (QED) is 0.833. The summed E-state index contributed by atoms with van der Waals surface area (Å²) in [6, 6.07) is 0. The fourth-order valence-electron chi connectivity index (χ4n) is 2.32. The van der Waals surface area contributed by atoms with E-state index in [2.05, 4.69) is 9.97 Å². The number of nitrogens with two attached hydrogens (primary N) is 2. The fourth-order valence-corrected chi connectivity index (χ4v) is 2.32. The van der Waals surface area contributed by atoms with Gasteiger partial charge in [0.1, 0.15) is 12.0 Å². The lowest BCUT2D eigenvalue weighted by atomic mass is 9.96. The molecule has 0 saturated carbocycles. The standard InChI is InChI=1S/C13H21N5O2/c1-8(2)20-13-10(14)12(16-7-17-13)18-5-3-9(4-6-18)11(15)19/h7-9H,3-6,14H2,1-2H3,(H2,15,19). The van der Waals surface area contributed by atoms with Crippen molar-refractivity contribution in [1.82, 2.24) is 9.97 Å². The Kier molecular flexibility index (Phi) is 4.26. The Bertz CT molecular complexity index is 484. The fraction of sp³-hybridized carbons (Fsp3) is 0.615. The number of ether oxygens (including phenoxy) is 1. The van der Waals surface area contributed by atoms with Crippen LogP contribution in [0, 0.1) is 5.92 Å². The Morgan fingerprint density at radius 2 is 2.05 bits per heavy atom. The van der Waals surface area contributed by atoms with Gasteiger partial charge in [-0.1, -0.05) is 0 Å². The van der Waals surface area contributed by atoms with Gasteiger partial charge in [-0.05, 0) is 26.7 Å². The number of amides is 1. The van der Waals surface area contributed by atoms with Gasteiger partial charge >= 0.3 is 0 Å². The van der Waals surface area contributed by atoms with Crippen molar-refractivity contribution in [2.45, 2.75) is 32.8 Å². The molecule has 0 unspecified atom stereocenters. The van der Waals surface area contributed by atoms with Gasteiger partial charge in [-0.2, -0.15) is 4.98 Å². The summed E-state index contributed by atoms with van der Waals surface area (Å²) in [5, 5.41) is 0. The van der Waals surface area contributed by atoms with Gasteiger partial charge in [0.2, 0.25) is 11.8 Å². The van der Waals surface area contributed by atoms with E-state index >= 15 is 0 Å². The maximum atomic E-state index is 11.2. The maximum Gasteiger partial charge on any atom is 0.242 e. The highest BCUT2D eigenvalue weighted by Gasteiger charge is 2.25. The van der Waals surface area contributed by atoms with Crippen molar-refractivity contribution in [3.8, 4) is 5.88 Å². The number of piperidine rings is 1. The average molecular weight is 279 g/mol. The lowest BCUT2D eigenvalue weighted by molar-refractivity contribution is -0.122. The topological polar surface area (TPSA) is 107 Å². The van der Waals surface area contributed by atoms with Crippen LogP contribution in [0.15, 0.2) is 6.33 Å². The van der Waals surface area contributed by atoms with Crippen LogP contribution in [-0.2, 0) is 4.79 Å². The molecule has 20 heavy (non-hydrogen) atoms. The van der Waals surface area contributed by atoms with Gasteiger partial charge in [0, 0.05) is 19.0 Å². The molecular weight excluding hydrogens is 258 g/mol. The Hall–Kier alpha value is -2.05. The summed E-state index contributed by atoms with van der Waals surface area (Å²) in [7, 11) is 0. The van der Waals surface area contributed by atoms with E-state index in [4.69, 9.17) is 16.2 Å². The third-order valence-corrected chi connectivity index (χ3v) is 3.37. The maximum absolute atomic E-state index is 11.2. The van der Waals surface area contributed by atoms with Gasteiger partial charge in [-0.15, -0.1) is 0 Å². The number of anilines is 2. The molecule has 0 radical (unpaired) electrons. The van der Waals surface area contributed by atoms with E-state index < -0.39 is 0 Å². The van der Waals surface area contributed by atoms with Crippen molar-refractivity contribution in [2.75, 3.05) is 23.7 Å². The van der Waals surface area contributed by atoms with E-state index in [1.165, 1.54) is 6.33 Å². The van der Waals surface area contributed by atoms with E-state index in [0.29, 0.717) is 30.5 Å². The summed E-state index contributed by atoms with van der Waals surface area (Å²) >= 11 is 0. The zero-order valence-corrected chi connectivity index (χ0v) is 11.9. The number of nitrogens with zero attached hydrogens (tertiary/aromatic N) is 3. The number of carbonyl (C=O) groups excluding carboxylic acids is 1. The number of primary amides is 1. The summed E-state index contributed by atoms with van der Waals surface area (Å²) in [5.41, 5.74) is 11.8. The number of hydrogen-bond acceptors (Lipinski definition) is 6. The lowest BCUT2D eigenvalue weighted by Gasteiger charge is -2.32. The molecule has 1 aliphatic rings. The lowest BCUT2D eigenvalue weighted by Crippen LogP contribution is -2.39. The molecular formula is C13H21N5O2. The van der Waals surface area contributed by atoms with E-state index in [-0.39, 0.29) is 17.9 Å². The average Bonchev–Trinajstić information content (AvgIpc) is 2.41. The molecule has 0 bridgehead atoms. The molecule has 4 N–H and O–H groups in total. The molecule has 1 aromatic heterocycles. The molecule has 110 valence electrons. The zero-order chi connectivity index (χ0) is 14.7. The highest BCUT2D eigenvalue weighted by atomic mass is 16.5. The summed E-state index contributed by atoms with van der Waals surface area (Å²) in [5.74, 6) is 0.783. The summed E-state index contributed by atoms with van der Waals surface area (Å²) < 4.78 is 5.56. The number of rotatable bonds is 4. The number of aromatic nitrogens is 2. The summed E-state index contributed by atoms with van der Waals surface area (Å²) in [6.45, 7) is 5.24. The predicted molar refractivity (Wildman–Crippen MR) is 76.3 cm³/mol. The van der Waals surface area contributed by atoms with Gasteiger partial charge in [0.25, 0.3) is 0 Å². The van der Waals surface area contributed by atoms with Gasteiger partial charge in [0.15, 0.2) is 5.82 Å². The normalized spacial score (nSPS) is 16.4. The molecule has 0 atom stereocenters. The molecule has 0 aliphatic carbocycles. The molecule has 2 rings (SSSR count). The van der Waals surface area contributed by atoms with Crippen molar-refractivity contribution in [3.05, 3.63) is 6.33 Å². The van der Waals surface area contributed by atoms with Crippen LogP contribution in [0.25, 0.3) is 0 Å². The smallest absolute Gasteiger partial charge is 0.242 e. The molecule has 1 fully saturated rings. The van der Waals surface area contributed by atoms with Gasteiger partial charge < -0.3 is 21.1 Å². The third-order valence-electron chi connectivity index (χ3n) is 3.37. The molecule has 1 aliphatic heterocycles. The van der Waals surface area contributed by atoms with E-state index in [9.17, 15) is 4.79 Å². The minimum Gasteiger partial charge on any atom is -0.473 e. The summed E-state index contributed by atoms with van der Waals surface area (Å²) in [6.07, 6.45) is 2.89. The van der Waals surface area contributed by atoms with Crippen LogP contribution in [-0.4, -0.2) is 35.1 Å². The number of carbonyl (C=O) groups is 1. The van der Waals surface area contributed by atoms with E-state index in [1.54, 1.807) is 0 Å². The van der Waals surface area contributed by atoms with E-state index in [1.807, 2.05) is 18.7 Å². The molecule has 1 amide bonds. The van der Waals surface area contributed by atoms with Crippen LogP contribution in [0.4, 0.5) is 11.5 Å². The van der Waals surface area contributed by atoms with Gasteiger partial charge in [-0.3, -0.25) is 4.79 Å². The second-order valence-corrected chi connectivity index (χ2v) is 5.25. The molecule has 1 aromatic rings. The highest BCUT2D eigenvalue weighted by molar-refractivity contribution is 5.77. The Morgan fingerprint density at radius 1 is 1.40 bits per heavy atom. The highest BCUT2D eigenvalue weighted by Crippen LogP contribution is 2.31. The van der Waals surface area contributed by atoms with E-state index in [0.717, 1.165) is 12.8 Å². The van der Waals surface area contributed by atoms with Crippen LogP contribution >= 0.6 is 0 Å². The Labute approximate surface area is 118 Å². The zero-order valence-electron chi connectivity index (χ0n) is 11.9. The first kappa shape index (κ1) is 14.4. The van der Waals surface area contributed by atoms with Gasteiger partial charge in [-0.25, -0.2) is 4.98 Å². The second-order valence-electron chi connectivity index (χ2n) is 5.25. The first-order chi connectivity index (χ1) is 9.49. The van der Waals surface area contributed by atoms with Crippen LogP contribution < -0.4 is 21.1 Å². The van der Waals surface area contributed by atoms with Crippen LogP contribution in [0.2, 0.25) is 0 Å². The molecule has 0 aromatic carbocycles. The van der Waals surface area contributed by atoms with Crippen molar-refractivity contribution in [3.63, 3.8) is 0 Å². The number of hydrogen-bond donors (Lipinski definition) is 2. The van der Waals surface area contributed by atoms with Crippen LogP contribution in [0.5, 0.6) is 5.88 Å². The first-order valence-electron chi connectivity index (χ1n) is 6.80. The first-order valence-corrected chi connectivity index (χ1v) is 6.80.